The van der Waals surface area contributed by atoms with Crippen LogP contribution in [-0.2, 0) is 7.05 Å². The molecule has 66 valence electrons. The van der Waals surface area contributed by atoms with E-state index in [1.54, 1.807) is 21.0 Å². The fraction of sp³-hybridized carbons (Fsp3) is 0.571. The number of hydrogen-bond donors (Lipinski definition) is 1. The van der Waals surface area contributed by atoms with Crippen LogP contribution < -0.4 is 5.32 Å². The minimum atomic E-state index is -0.215. The van der Waals surface area contributed by atoms with Gasteiger partial charge in [0.1, 0.15) is 6.33 Å². The van der Waals surface area contributed by atoms with Gasteiger partial charge >= 0.3 is 0 Å². The van der Waals surface area contributed by atoms with Crippen LogP contribution in [0.1, 0.15) is 17.5 Å². The minimum absolute atomic E-state index is 0.0440. The van der Waals surface area contributed by atoms with Crippen molar-refractivity contribution in [1.82, 2.24) is 20.1 Å². The lowest BCUT2D eigenvalue weighted by atomic mass is 10.2. The molecule has 1 aromatic rings. The molecular weight excluding hydrogens is 156 g/mol. The van der Waals surface area contributed by atoms with Crippen LogP contribution in [-0.4, -0.2) is 33.6 Å². The second-order valence-corrected chi connectivity index (χ2v) is 2.58. The maximum absolute atomic E-state index is 11.5. The number of aromatic nitrogens is 3. The number of aryl methyl sites for hydroxylation is 1. The summed E-state index contributed by atoms with van der Waals surface area (Å²) in [6, 6.07) is -0.215. The lowest BCUT2D eigenvalue weighted by Gasteiger charge is -2.06. The molecule has 0 saturated heterocycles. The Morgan fingerprint density at radius 1 is 1.75 bits per heavy atom. The van der Waals surface area contributed by atoms with Crippen molar-refractivity contribution >= 4 is 5.78 Å². The topological polar surface area (TPSA) is 59.8 Å². The molecule has 12 heavy (non-hydrogen) atoms. The summed E-state index contributed by atoms with van der Waals surface area (Å²) in [5, 5.41) is 6.66. The SMILES string of the molecule is CNC(C)C(=O)c1ncnn1C. The Morgan fingerprint density at radius 2 is 2.42 bits per heavy atom. The predicted molar refractivity (Wildman–Crippen MR) is 43.9 cm³/mol. The van der Waals surface area contributed by atoms with E-state index < -0.39 is 0 Å². The first kappa shape index (κ1) is 8.86. The van der Waals surface area contributed by atoms with Gasteiger partial charge in [0.2, 0.25) is 5.78 Å². The number of likely N-dealkylation sites (N-methyl/N-ethyl adjacent to an activating group) is 1. The fourth-order valence-corrected chi connectivity index (χ4v) is 0.844. The van der Waals surface area contributed by atoms with Crippen LogP contribution in [0.3, 0.4) is 0 Å². The zero-order valence-electron chi connectivity index (χ0n) is 7.40. The maximum atomic E-state index is 11.5. The summed E-state index contributed by atoms with van der Waals surface area (Å²) < 4.78 is 1.47. The molecule has 0 aliphatic carbocycles. The molecule has 0 aliphatic rings. The van der Waals surface area contributed by atoms with Crippen molar-refractivity contribution in [3.05, 3.63) is 12.2 Å². The van der Waals surface area contributed by atoms with E-state index >= 15 is 0 Å². The fourth-order valence-electron chi connectivity index (χ4n) is 0.844. The first-order chi connectivity index (χ1) is 5.66. The first-order valence-electron chi connectivity index (χ1n) is 3.72. The van der Waals surface area contributed by atoms with Gasteiger partial charge in [-0.15, -0.1) is 0 Å². The summed E-state index contributed by atoms with van der Waals surface area (Å²) in [5.41, 5.74) is 0. The lowest BCUT2D eigenvalue weighted by Crippen LogP contribution is -2.32. The number of carbonyl (C=O) groups is 1. The van der Waals surface area contributed by atoms with Crippen molar-refractivity contribution in [2.24, 2.45) is 7.05 Å². The van der Waals surface area contributed by atoms with Gasteiger partial charge in [0.05, 0.1) is 6.04 Å². The minimum Gasteiger partial charge on any atom is -0.310 e. The molecule has 5 heteroatoms. The van der Waals surface area contributed by atoms with Crippen LogP contribution in [0.4, 0.5) is 0 Å². The van der Waals surface area contributed by atoms with Gasteiger partial charge in [-0.2, -0.15) is 5.10 Å². The van der Waals surface area contributed by atoms with E-state index in [-0.39, 0.29) is 11.8 Å². The Morgan fingerprint density at radius 3 is 2.83 bits per heavy atom. The molecule has 0 radical (unpaired) electrons. The van der Waals surface area contributed by atoms with Gasteiger partial charge in [0, 0.05) is 7.05 Å². The summed E-state index contributed by atoms with van der Waals surface area (Å²) in [7, 11) is 3.43. The zero-order valence-corrected chi connectivity index (χ0v) is 7.40. The number of rotatable bonds is 3. The van der Waals surface area contributed by atoms with Crippen LogP contribution >= 0.6 is 0 Å². The average Bonchev–Trinajstić information content (AvgIpc) is 2.48. The summed E-state index contributed by atoms with van der Waals surface area (Å²) in [5.74, 6) is 0.342. The van der Waals surface area contributed by atoms with Crippen molar-refractivity contribution in [2.45, 2.75) is 13.0 Å². The van der Waals surface area contributed by atoms with Crippen molar-refractivity contribution in [1.29, 1.82) is 0 Å². The molecule has 1 unspecified atom stereocenters. The van der Waals surface area contributed by atoms with E-state index in [9.17, 15) is 4.79 Å². The third-order valence-electron chi connectivity index (χ3n) is 1.76. The van der Waals surface area contributed by atoms with Crippen molar-refractivity contribution < 1.29 is 4.79 Å². The second kappa shape index (κ2) is 3.44. The maximum Gasteiger partial charge on any atom is 0.216 e. The highest BCUT2D eigenvalue weighted by Gasteiger charge is 2.17. The molecule has 0 bridgehead atoms. The number of nitrogens with zero attached hydrogens (tertiary/aromatic N) is 3. The predicted octanol–water partition coefficient (Wildman–Crippen LogP) is -0.394. The highest BCUT2D eigenvalue weighted by molar-refractivity contribution is 5.96. The normalized spacial score (nSPS) is 12.9. The molecule has 0 fully saturated rings. The quantitative estimate of drug-likeness (QED) is 0.624. The third-order valence-corrected chi connectivity index (χ3v) is 1.76. The summed E-state index contributed by atoms with van der Waals surface area (Å²) in [6.45, 7) is 1.79. The Bertz CT molecular complexity index is 281. The standard InChI is InChI=1S/C7H12N4O/c1-5(8-2)6(12)7-9-4-10-11(7)3/h4-5,8H,1-3H3. The van der Waals surface area contributed by atoms with Gasteiger partial charge in [0.25, 0.3) is 0 Å². The van der Waals surface area contributed by atoms with E-state index in [0.717, 1.165) is 0 Å². The largest absolute Gasteiger partial charge is 0.310 e. The molecule has 0 saturated carbocycles. The van der Waals surface area contributed by atoms with Crippen LogP contribution in [0.15, 0.2) is 6.33 Å². The average molecular weight is 168 g/mol. The van der Waals surface area contributed by atoms with E-state index in [0.29, 0.717) is 5.82 Å². The molecule has 5 nitrogen and oxygen atoms in total. The third kappa shape index (κ3) is 1.50. The van der Waals surface area contributed by atoms with Crippen molar-refractivity contribution in [3.8, 4) is 0 Å². The summed E-state index contributed by atoms with van der Waals surface area (Å²) >= 11 is 0. The Balaban J connectivity index is 2.85. The zero-order chi connectivity index (χ0) is 9.14. The molecule has 0 amide bonds. The van der Waals surface area contributed by atoms with Crippen LogP contribution in [0, 0.1) is 0 Å². The van der Waals surface area contributed by atoms with Crippen LogP contribution in [0.25, 0.3) is 0 Å². The van der Waals surface area contributed by atoms with Gasteiger partial charge in [-0.1, -0.05) is 0 Å². The van der Waals surface area contributed by atoms with E-state index in [4.69, 9.17) is 0 Å². The highest BCUT2D eigenvalue weighted by Crippen LogP contribution is 1.96. The first-order valence-corrected chi connectivity index (χ1v) is 3.72. The summed E-state index contributed by atoms with van der Waals surface area (Å²) in [4.78, 5) is 15.3. The number of hydrogen-bond acceptors (Lipinski definition) is 4. The van der Waals surface area contributed by atoms with Crippen molar-refractivity contribution in [3.63, 3.8) is 0 Å². The number of nitrogens with one attached hydrogen (secondary N) is 1. The second-order valence-electron chi connectivity index (χ2n) is 2.58. The Labute approximate surface area is 70.8 Å². The Kier molecular flexibility index (Phi) is 2.54. The molecule has 1 heterocycles. The lowest BCUT2D eigenvalue weighted by molar-refractivity contribution is 0.0940. The van der Waals surface area contributed by atoms with Gasteiger partial charge in [-0.25, -0.2) is 9.67 Å². The molecule has 1 aromatic heterocycles. The van der Waals surface area contributed by atoms with Crippen molar-refractivity contribution in [2.75, 3.05) is 7.05 Å². The molecule has 1 N–H and O–H groups in total. The molecule has 0 aliphatic heterocycles. The van der Waals surface area contributed by atoms with Crippen LogP contribution in [0.2, 0.25) is 0 Å². The Hall–Kier alpha value is -1.23. The number of carbonyl (C=O) groups excluding carboxylic acids is 1. The van der Waals surface area contributed by atoms with Crippen LogP contribution in [0.5, 0.6) is 0 Å². The highest BCUT2D eigenvalue weighted by atomic mass is 16.1. The van der Waals surface area contributed by atoms with Gasteiger partial charge in [-0.05, 0) is 14.0 Å². The van der Waals surface area contributed by atoms with E-state index in [1.165, 1.54) is 11.0 Å². The van der Waals surface area contributed by atoms with Gasteiger partial charge < -0.3 is 5.32 Å². The number of ketones is 1. The molecule has 1 atom stereocenters. The smallest absolute Gasteiger partial charge is 0.216 e. The summed E-state index contributed by atoms with van der Waals surface area (Å²) in [6.07, 6.45) is 1.37. The monoisotopic (exact) mass is 168 g/mol. The van der Waals surface area contributed by atoms with Gasteiger partial charge in [-0.3, -0.25) is 4.79 Å². The molecule has 0 aromatic carbocycles. The molecule has 1 rings (SSSR count). The van der Waals surface area contributed by atoms with E-state index in [2.05, 4.69) is 15.4 Å². The molecular formula is C7H12N4O. The molecule has 0 spiro atoms. The number of Topliss-reactive ketones (excluding diaryl/α,β-unsaturated/α-hetero) is 1. The van der Waals surface area contributed by atoms with Gasteiger partial charge in [0.15, 0.2) is 5.82 Å². The van der Waals surface area contributed by atoms with E-state index in [1.807, 2.05) is 0 Å².